The summed E-state index contributed by atoms with van der Waals surface area (Å²) < 4.78 is 39.2. The monoisotopic (exact) mass is 440 g/mol. The average Bonchev–Trinajstić information content (AvgIpc) is 2.98. The molecule has 0 saturated heterocycles. The molecule has 0 amide bonds. The summed E-state index contributed by atoms with van der Waals surface area (Å²) in [6, 6.07) is 7.72. The highest BCUT2D eigenvalue weighted by Gasteiger charge is 2.28. The number of hydrogen-bond donors (Lipinski definition) is 1. The van der Waals surface area contributed by atoms with Crippen molar-refractivity contribution in [1.82, 2.24) is 9.29 Å². The molecule has 1 aliphatic heterocycles. The lowest BCUT2D eigenvalue weighted by Gasteiger charge is -2.18. The minimum atomic E-state index is -3.94. The fourth-order valence-electron chi connectivity index (χ4n) is 3.50. The number of fused-ring (bicyclic) bond motifs is 3. The van der Waals surface area contributed by atoms with Gasteiger partial charge in [-0.2, -0.15) is 0 Å². The van der Waals surface area contributed by atoms with E-state index in [1.54, 1.807) is 12.1 Å². The van der Waals surface area contributed by atoms with Crippen molar-refractivity contribution in [3.05, 3.63) is 52.1 Å². The molecule has 0 radical (unpaired) electrons. The van der Waals surface area contributed by atoms with Gasteiger partial charge in [0.15, 0.2) is 11.5 Å². The van der Waals surface area contributed by atoms with Crippen LogP contribution in [0.2, 0.25) is 10.0 Å². The third-order valence-electron chi connectivity index (χ3n) is 4.80. The van der Waals surface area contributed by atoms with Crippen LogP contribution in [-0.4, -0.2) is 32.7 Å². The van der Waals surface area contributed by atoms with Crippen molar-refractivity contribution < 1.29 is 17.9 Å². The van der Waals surface area contributed by atoms with Gasteiger partial charge in [-0.15, -0.1) is 0 Å². The quantitative estimate of drug-likeness (QED) is 0.659. The lowest BCUT2D eigenvalue weighted by atomic mass is 10.0. The fourth-order valence-corrected chi connectivity index (χ4v) is 5.59. The predicted octanol–water partition coefficient (Wildman–Crippen LogP) is 4.24. The van der Waals surface area contributed by atoms with E-state index in [-0.39, 0.29) is 16.0 Å². The molecule has 6 nitrogen and oxygen atoms in total. The zero-order valence-electron chi connectivity index (χ0n) is 15.2. The number of rotatable bonds is 3. The van der Waals surface area contributed by atoms with Crippen LogP contribution in [0.5, 0.6) is 11.5 Å². The lowest BCUT2D eigenvalue weighted by Crippen LogP contribution is -2.20. The highest BCUT2D eigenvalue weighted by Crippen LogP contribution is 2.43. The number of nitrogens with one attached hydrogen (secondary N) is 1. The molecule has 1 atom stereocenters. The number of hydrogen-bond acceptors (Lipinski definition) is 5. The van der Waals surface area contributed by atoms with Crippen LogP contribution in [0.1, 0.15) is 18.5 Å². The largest absolute Gasteiger partial charge is 0.493 e. The zero-order chi connectivity index (χ0) is 20.1. The second kappa shape index (κ2) is 7.15. The fraction of sp³-hybridized carbons (Fsp3) is 0.263. The molecule has 1 unspecified atom stereocenters. The Hall–Kier alpha value is -1.93. The van der Waals surface area contributed by atoms with Gasteiger partial charge >= 0.3 is 0 Å². The summed E-state index contributed by atoms with van der Waals surface area (Å²) in [4.78, 5) is -0.0209. The van der Waals surface area contributed by atoms with Crippen molar-refractivity contribution in [2.45, 2.75) is 17.9 Å². The molecule has 0 fully saturated rings. The first-order chi connectivity index (χ1) is 13.3. The molecule has 2 aromatic carbocycles. The molecular weight excluding hydrogens is 423 g/mol. The molecule has 3 aromatic rings. The van der Waals surface area contributed by atoms with Gasteiger partial charge in [0.2, 0.25) is 0 Å². The van der Waals surface area contributed by atoms with Gasteiger partial charge in [0, 0.05) is 40.8 Å². The van der Waals surface area contributed by atoms with E-state index in [0.29, 0.717) is 35.2 Å². The van der Waals surface area contributed by atoms with Crippen molar-refractivity contribution >= 4 is 44.1 Å². The van der Waals surface area contributed by atoms with Crippen molar-refractivity contribution in [2.24, 2.45) is 0 Å². The van der Waals surface area contributed by atoms with Gasteiger partial charge < -0.3 is 14.8 Å². The molecule has 0 aliphatic carbocycles. The molecule has 0 saturated carbocycles. The van der Waals surface area contributed by atoms with Gasteiger partial charge in [-0.1, -0.05) is 23.2 Å². The maximum absolute atomic E-state index is 13.3. The van der Waals surface area contributed by atoms with Crippen LogP contribution in [0.15, 0.2) is 41.4 Å². The van der Waals surface area contributed by atoms with Gasteiger partial charge in [0.1, 0.15) is 11.5 Å². The number of nitrogens with zero attached hydrogens (tertiary/aromatic N) is 1. The van der Waals surface area contributed by atoms with Crippen LogP contribution in [0.25, 0.3) is 10.9 Å². The van der Waals surface area contributed by atoms with Crippen molar-refractivity contribution in [1.29, 1.82) is 0 Å². The molecule has 2 heterocycles. The van der Waals surface area contributed by atoms with E-state index in [0.717, 1.165) is 10.9 Å². The van der Waals surface area contributed by atoms with E-state index < -0.39 is 10.0 Å². The Kier molecular flexibility index (Phi) is 4.95. The van der Waals surface area contributed by atoms with Crippen molar-refractivity contribution in [3.8, 4) is 11.5 Å². The Balaban J connectivity index is 2.00. The topological polar surface area (TPSA) is 69.6 Å². The molecule has 1 N–H and O–H groups in total. The Bertz CT molecular complexity index is 1170. The molecule has 0 bridgehead atoms. The summed E-state index contributed by atoms with van der Waals surface area (Å²) in [5.41, 5.74) is 1.35. The third-order valence-corrected chi connectivity index (χ3v) is 7.21. The third kappa shape index (κ3) is 3.03. The molecule has 28 heavy (non-hydrogen) atoms. The molecule has 0 spiro atoms. The number of aromatic nitrogens is 1. The van der Waals surface area contributed by atoms with E-state index in [1.807, 2.05) is 6.92 Å². The summed E-state index contributed by atoms with van der Waals surface area (Å²) in [5, 5.41) is 4.56. The number of ether oxygens (including phenoxy) is 2. The molecule has 1 aliphatic rings. The number of halogens is 2. The van der Waals surface area contributed by atoms with E-state index in [2.05, 4.69) is 5.32 Å². The molecule has 4 rings (SSSR count). The molecular formula is C19H18Cl2N2O4S. The van der Waals surface area contributed by atoms with E-state index >= 15 is 0 Å². The van der Waals surface area contributed by atoms with Crippen LogP contribution >= 0.6 is 23.2 Å². The normalized spacial score (nSPS) is 17.1. The van der Waals surface area contributed by atoms with Crippen LogP contribution in [-0.2, 0) is 10.0 Å². The van der Waals surface area contributed by atoms with Crippen molar-refractivity contribution in [3.63, 3.8) is 0 Å². The van der Waals surface area contributed by atoms with Gasteiger partial charge in [-0.3, -0.25) is 0 Å². The van der Waals surface area contributed by atoms with E-state index in [9.17, 15) is 8.42 Å². The summed E-state index contributed by atoms with van der Waals surface area (Å²) in [7, 11) is -2.41. The van der Waals surface area contributed by atoms with Crippen molar-refractivity contribution in [2.75, 3.05) is 20.3 Å². The van der Waals surface area contributed by atoms with Crippen LogP contribution in [0.3, 0.4) is 0 Å². The van der Waals surface area contributed by atoms with Gasteiger partial charge in [0.25, 0.3) is 10.0 Å². The molecule has 9 heteroatoms. The standard InChI is InChI=1S/C19H18Cl2N2O4S/c1-11-18-13-5-7-23(28(24,25)17-4-3-12(20)9-14(17)21)15(13)10-16(26-2)19(18)27-8-6-22-11/h3-5,7,9-11,22H,6,8H2,1-2H3. The van der Waals surface area contributed by atoms with E-state index in [4.69, 9.17) is 32.7 Å². The van der Waals surface area contributed by atoms with Gasteiger partial charge in [0.05, 0.1) is 17.6 Å². The maximum Gasteiger partial charge on any atom is 0.269 e. The number of benzene rings is 2. The predicted molar refractivity (Wildman–Crippen MR) is 109 cm³/mol. The SMILES string of the molecule is COc1cc2c(ccn2S(=O)(=O)c2ccc(Cl)cc2Cl)c2c1OCCNC2C. The second-order valence-electron chi connectivity index (χ2n) is 6.47. The molecule has 1 aromatic heterocycles. The lowest BCUT2D eigenvalue weighted by molar-refractivity contribution is 0.301. The Morgan fingerprint density at radius 3 is 2.75 bits per heavy atom. The summed E-state index contributed by atoms with van der Waals surface area (Å²) in [5.74, 6) is 1.11. The van der Waals surface area contributed by atoms with Gasteiger partial charge in [-0.25, -0.2) is 12.4 Å². The maximum atomic E-state index is 13.3. The summed E-state index contributed by atoms with van der Waals surface area (Å²) >= 11 is 12.1. The minimum absolute atomic E-state index is 0.0209. The first-order valence-corrected chi connectivity index (χ1v) is 10.8. The summed E-state index contributed by atoms with van der Waals surface area (Å²) in [6.45, 7) is 3.19. The van der Waals surface area contributed by atoms with Crippen LogP contribution < -0.4 is 14.8 Å². The first-order valence-electron chi connectivity index (χ1n) is 8.63. The highest BCUT2D eigenvalue weighted by atomic mass is 35.5. The Morgan fingerprint density at radius 1 is 1.25 bits per heavy atom. The smallest absolute Gasteiger partial charge is 0.269 e. The minimum Gasteiger partial charge on any atom is -0.493 e. The Morgan fingerprint density at radius 2 is 2.04 bits per heavy atom. The number of methoxy groups -OCH3 is 1. The first kappa shape index (κ1) is 19.4. The average molecular weight is 441 g/mol. The highest BCUT2D eigenvalue weighted by molar-refractivity contribution is 7.90. The van der Waals surface area contributed by atoms with Crippen LogP contribution in [0, 0.1) is 0 Å². The summed E-state index contributed by atoms with van der Waals surface area (Å²) in [6.07, 6.45) is 1.52. The van der Waals surface area contributed by atoms with Gasteiger partial charge in [-0.05, 0) is 31.2 Å². The van der Waals surface area contributed by atoms with Crippen LogP contribution in [0.4, 0.5) is 0 Å². The molecule has 148 valence electrons. The Labute approximate surface area is 173 Å². The second-order valence-corrected chi connectivity index (χ2v) is 9.10. The van der Waals surface area contributed by atoms with E-state index in [1.165, 1.54) is 35.5 Å². The zero-order valence-corrected chi connectivity index (χ0v) is 17.5.